The predicted molar refractivity (Wildman–Crippen MR) is 85.1 cm³/mol. The Bertz CT molecular complexity index is 694. The third-order valence-electron chi connectivity index (χ3n) is 3.23. The number of benzene rings is 1. The summed E-state index contributed by atoms with van der Waals surface area (Å²) in [5.41, 5.74) is 1.17. The van der Waals surface area contributed by atoms with Crippen molar-refractivity contribution in [2.24, 2.45) is 5.92 Å². The number of carboxylic acids is 1. The fraction of sp³-hybridized carbons (Fsp3) is 0.312. The van der Waals surface area contributed by atoms with Crippen molar-refractivity contribution in [2.45, 2.75) is 26.3 Å². The zero-order chi connectivity index (χ0) is 17.0. The highest BCUT2D eigenvalue weighted by atomic mass is 35.5. The molecule has 1 aromatic carbocycles. The number of rotatable bonds is 6. The molecule has 7 heteroatoms. The van der Waals surface area contributed by atoms with Crippen LogP contribution in [0.5, 0.6) is 0 Å². The Morgan fingerprint density at radius 2 is 1.96 bits per heavy atom. The van der Waals surface area contributed by atoms with Gasteiger partial charge in [0, 0.05) is 10.6 Å². The van der Waals surface area contributed by atoms with Crippen molar-refractivity contribution < 1.29 is 19.1 Å². The minimum atomic E-state index is -1.06. The molecule has 0 aliphatic rings. The van der Waals surface area contributed by atoms with E-state index in [9.17, 15) is 9.59 Å². The molecule has 1 aromatic heterocycles. The van der Waals surface area contributed by atoms with Crippen molar-refractivity contribution in [3.63, 3.8) is 0 Å². The molecular formula is C16H17ClN2O4. The molecule has 0 saturated heterocycles. The minimum absolute atomic E-state index is 0.0480. The van der Waals surface area contributed by atoms with E-state index in [1.807, 2.05) is 0 Å². The lowest BCUT2D eigenvalue weighted by Gasteiger charge is -2.17. The lowest BCUT2D eigenvalue weighted by atomic mass is 10.0. The number of halogens is 1. The van der Waals surface area contributed by atoms with Gasteiger partial charge in [-0.05, 0) is 30.2 Å². The Hall–Kier alpha value is -2.34. The number of aromatic nitrogens is 1. The van der Waals surface area contributed by atoms with Gasteiger partial charge >= 0.3 is 5.97 Å². The molecule has 0 radical (unpaired) electrons. The maximum atomic E-state index is 11.9. The standard InChI is InChI=1S/C16H17ClN2O4/c1-9(2)14(16(21)22)19-13(20)7-12-8-23-15(18-12)10-3-5-11(17)6-4-10/h3-6,8-9,14H,7H2,1-2H3,(H,19,20)(H,21,22). The predicted octanol–water partition coefficient (Wildman–Crippen LogP) is 2.76. The Morgan fingerprint density at radius 1 is 1.30 bits per heavy atom. The van der Waals surface area contributed by atoms with Gasteiger partial charge in [0.1, 0.15) is 12.3 Å². The van der Waals surface area contributed by atoms with Crippen LogP contribution >= 0.6 is 11.6 Å². The molecule has 0 fully saturated rings. The van der Waals surface area contributed by atoms with Gasteiger partial charge < -0.3 is 14.8 Å². The number of nitrogens with one attached hydrogen (secondary N) is 1. The second-order valence-electron chi connectivity index (χ2n) is 5.46. The smallest absolute Gasteiger partial charge is 0.326 e. The number of carbonyl (C=O) groups is 2. The van der Waals surface area contributed by atoms with Crippen LogP contribution < -0.4 is 5.32 Å². The molecule has 6 nitrogen and oxygen atoms in total. The van der Waals surface area contributed by atoms with Crippen LogP contribution in [0.2, 0.25) is 5.02 Å². The molecular weight excluding hydrogens is 320 g/mol. The van der Waals surface area contributed by atoms with Crippen molar-refractivity contribution in [3.8, 4) is 11.5 Å². The highest BCUT2D eigenvalue weighted by Crippen LogP contribution is 2.21. The summed E-state index contributed by atoms with van der Waals surface area (Å²) in [7, 11) is 0. The number of aliphatic carboxylic acids is 1. The second kappa shape index (κ2) is 7.28. The number of hydrogen-bond acceptors (Lipinski definition) is 4. The first kappa shape index (κ1) is 17.0. The van der Waals surface area contributed by atoms with Crippen LogP contribution in [0.3, 0.4) is 0 Å². The Balaban J connectivity index is 2.02. The number of nitrogens with zero attached hydrogens (tertiary/aromatic N) is 1. The van der Waals surface area contributed by atoms with Crippen LogP contribution in [-0.2, 0) is 16.0 Å². The van der Waals surface area contributed by atoms with E-state index in [-0.39, 0.29) is 12.3 Å². The summed E-state index contributed by atoms with van der Waals surface area (Å²) in [6.45, 7) is 3.46. The number of carboxylic acid groups (broad SMARTS) is 1. The highest BCUT2D eigenvalue weighted by Gasteiger charge is 2.23. The molecule has 2 rings (SSSR count). The van der Waals surface area contributed by atoms with E-state index in [2.05, 4.69) is 10.3 Å². The maximum absolute atomic E-state index is 11.9. The van der Waals surface area contributed by atoms with Crippen molar-refractivity contribution in [2.75, 3.05) is 0 Å². The normalized spacial score (nSPS) is 12.2. The highest BCUT2D eigenvalue weighted by molar-refractivity contribution is 6.30. The monoisotopic (exact) mass is 336 g/mol. The molecule has 1 heterocycles. The molecule has 1 atom stereocenters. The molecule has 0 spiro atoms. The lowest BCUT2D eigenvalue weighted by Crippen LogP contribution is -2.44. The molecule has 0 aliphatic heterocycles. The van der Waals surface area contributed by atoms with Gasteiger partial charge in [-0.25, -0.2) is 9.78 Å². The van der Waals surface area contributed by atoms with Crippen LogP contribution in [0, 0.1) is 5.92 Å². The second-order valence-corrected chi connectivity index (χ2v) is 5.89. The zero-order valence-electron chi connectivity index (χ0n) is 12.7. The van der Waals surface area contributed by atoms with Crippen LogP contribution in [0.25, 0.3) is 11.5 Å². The molecule has 2 aromatic rings. The number of oxazole rings is 1. The first-order chi connectivity index (χ1) is 10.9. The molecule has 0 aliphatic carbocycles. The first-order valence-corrected chi connectivity index (χ1v) is 7.47. The molecule has 0 saturated carbocycles. The van der Waals surface area contributed by atoms with Gasteiger partial charge in [0.25, 0.3) is 0 Å². The van der Waals surface area contributed by atoms with Crippen LogP contribution in [0.1, 0.15) is 19.5 Å². The SMILES string of the molecule is CC(C)C(NC(=O)Cc1coc(-c2ccc(Cl)cc2)n1)C(=O)O. The molecule has 0 bridgehead atoms. The van der Waals surface area contributed by atoms with Gasteiger partial charge in [-0.1, -0.05) is 25.4 Å². The van der Waals surface area contributed by atoms with E-state index >= 15 is 0 Å². The average molecular weight is 337 g/mol. The van der Waals surface area contributed by atoms with Crippen LogP contribution in [0.4, 0.5) is 0 Å². The molecule has 122 valence electrons. The molecule has 1 amide bonds. The van der Waals surface area contributed by atoms with Gasteiger partial charge in [0.05, 0.1) is 12.1 Å². The minimum Gasteiger partial charge on any atom is -0.480 e. The van der Waals surface area contributed by atoms with E-state index in [1.165, 1.54) is 6.26 Å². The Morgan fingerprint density at radius 3 is 2.52 bits per heavy atom. The molecule has 2 N–H and O–H groups in total. The number of hydrogen-bond donors (Lipinski definition) is 2. The van der Waals surface area contributed by atoms with Gasteiger partial charge in [-0.3, -0.25) is 4.79 Å². The van der Waals surface area contributed by atoms with Crippen molar-refractivity contribution in [3.05, 3.63) is 41.2 Å². The zero-order valence-corrected chi connectivity index (χ0v) is 13.5. The summed E-state index contributed by atoms with van der Waals surface area (Å²) in [4.78, 5) is 27.3. The average Bonchev–Trinajstić information content (AvgIpc) is 2.93. The summed E-state index contributed by atoms with van der Waals surface area (Å²) in [6, 6.07) is 6.03. The van der Waals surface area contributed by atoms with E-state index in [0.29, 0.717) is 16.6 Å². The summed E-state index contributed by atoms with van der Waals surface area (Å²) in [5, 5.41) is 12.2. The largest absolute Gasteiger partial charge is 0.480 e. The summed E-state index contributed by atoms with van der Waals surface area (Å²) >= 11 is 5.82. The fourth-order valence-electron chi connectivity index (χ4n) is 2.02. The third kappa shape index (κ3) is 4.56. The van der Waals surface area contributed by atoms with E-state index in [4.69, 9.17) is 21.1 Å². The molecule has 23 heavy (non-hydrogen) atoms. The van der Waals surface area contributed by atoms with Gasteiger partial charge in [-0.2, -0.15) is 0 Å². The Labute approximate surface area is 138 Å². The van der Waals surface area contributed by atoms with Gasteiger partial charge in [0.15, 0.2) is 0 Å². The van der Waals surface area contributed by atoms with Crippen LogP contribution in [-0.4, -0.2) is 28.0 Å². The topological polar surface area (TPSA) is 92.4 Å². The van der Waals surface area contributed by atoms with E-state index in [1.54, 1.807) is 38.1 Å². The number of carbonyl (C=O) groups excluding carboxylic acids is 1. The first-order valence-electron chi connectivity index (χ1n) is 7.09. The summed E-state index contributed by atoms with van der Waals surface area (Å²) in [6.07, 6.45) is 1.34. The van der Waals surface area contributed by atoms with E-state index < -0.39 is 17.9 Å². The Kier molecular flexibility index (Phi) is 5.39. The van der Waals surface area contributed by atoms with Crippen molar-refractivity contribution in [1.29, 1.82) is 0 Å². The number of amides is 1. The van der Waals surface area contributed by atoms with Crippen molar-refractivity contribution in [1.82, 2.24) is 10.3 Å². The van der Waals surface area contributed by atoms with Gasteiger partial charge in [-0.15, -0.1) is 0 Å². The fourth-order valence-corrected chi connectivity index (χ4v) is 2.14. The van der Waals surface area contributed by atoms with Crippen molar-refractivity contribution >= 4 is 23.5 Å². The third-order valence-corrected chi connectivity index (χ3v) is 3.49. The summed E-state index contributed by atoms with van der Waals surface area (Å²) < 4.78 is 5.34. The lowest BCUT2D eigenvalue weighted by molar-refractivity contribution is -0.143. The van der Waals surface area contributed by atoms with E-state index in [0.717, 1.165) is 5.56 Å². The van der Waals surface area contributed by atoms with Gasteiger partial charge in [0.2, 0.25) is 11.8 Å². The molecule has 1 unspecified atom stereocenters. The maximum Gasteiger partial charge on any atom is 0.326 e. The quantitative estimate of drug-likeness (QED) is 0.846. The summed E-state index contributed by atoms with van der Waals surface area (Å²) in [5.74, 6) is -1.31. The van der Waals surface area contributed by atoms with Crippen LogP contribution in [0.15, 0.2) is 34.9 Å².